The van der Waals surface area contributed by atoms with Gasteiger partial charge < -0.3 is 14.5 Å². The molecule has 1 aliphatic carbocycles. The van der Waals surface area contributed by atoms with Gasteiger partial charge in [0.2, 0.25) is 5.91 Å². The second-order valence-corrected chi connectivity index (χ2v) is 8.83. The van der Waals surface area contributed by atoms with Crippen molar-refractivity contribution in [2.75, 3.05) is 40.3 Å². The zero-order valence-corrected chi connectivity index (χ0v) is 18.5. The van der Waals surface area contributed by atoms with E-state index in [0.717, 1.165) is 62.3 Å². The Bertz CT molecular complexity index is 934. The Balaban J connectivity index is 1.25. The molecule has 0 radical (unpaired) electrons. The zero-order valence-electron chi connectivity index (χ0n) is 18.5. The Morgan fingerprint density at radius 1 is 1.10 bits per heavy atom. The monoisotopic (exact) mass is 420 g/mol. The number of carbonyl (C=O) groups is 2. The molecule has 0 aromatic heterocycles. The van der Waals surface area contributed by atoms with E-state index >= 15 is 0 Å². The maximum Gasteiger partial charge on any atom is 0.230 e. The Kier molecular flexibility index (Phi) is 6.71. The third-order valence-corrected chi connectivity index (χ3v) is 6.83. The molecule has 2 aromatic rings. The van der Waals surface area contributed by atoms with Crippen molar-refractivity contribution < 1.29 is 14.3 Å². The summed E-state index contributed by atoms with van der Waals surface area (Å²) in [5, 5.41) is 0. The first-order valence-electron chi connectivity index (χ1n) is 11.3. The highest BCUT2D eigenvalue weighted by molar-refractivity contribution is 6.06. The predicted molar refractivity (Wildman–Crippen MR) is 122 cm³/mol. The van der Waals surface area contributed by atoms with Gasteiger partial charge in [0.1, 0.15) is 5.75 Å². The summed E-state index contributed by atoms with van der Waals surface area (Å²) in [5.41, 5.74) is 2.87. The van der Waals surface area contributed by atoms with Crippen LogP contribution in [0.4, 0.5) is 0 Å². The minimum atomic E-state index is -0.311. The summed E-state index contributed by atoms with van der Waals surface area (Å²) in [4.78, 5) is 29.7. The fraction of sp³-hybridized carbons (Fsp3) is 0.462. The summed E-state index contributed by atoms with van der Waals surface area (Å²) < 4.78 is 5.46. The van der Waals surface area contributed by atoms with Gasteiger partial charge in [0, 0.05) is 32.1 Å². The highest BCUT2D eigenvalue weighted by Crippen LogP contribution is 2.34. The molecule has 0 N–H and O–H groups in total. The van der Waals surface area contributed by atoms with Gasteiger partial charge in [0.05, 0.1) is 13.0 Å². The molecule has 1 saturated heterocycles. The molecule has 2 aliphatic rings. The van der Waals surface area contributed by atoms with Gasteiger partial charge in [-0.25, -0.2) is 0 Å². The van der Waals surface area contributed by atoms with E-state index in [0.29, 0.717) is 12.3 Å². The number of likely N-dealkylation sites (tertiary alicyclic amines) is 1. The molecular formula is C26H32N2O3. The van der Waals surface area contributed by atoms with Gasteiger partial charge in [-0.2, -0.15) is 0 Å². The molecule has 164 valence electrons. The lowest BCUT2D eigenvalue weighted by Gasteiger charge is -2.34. The third-order valence-electron chi connectivity index (χ3n) is 6.83. The predicted octanol–water partition coefficient (Wildman–Crippen LogP) is 3.78. The highest BCUT2D eigenvalue weighted by Gasteiger charge is 2.36. The average molecular weight is 421 g/mol. The van der Waals surface area contributed by atoms with Crippen LogP contribution in [0.1, 0.15) is 46.7 Å². The second kappa shape index (κ2) is 9.65. The van der Waals surface area contributed by atoms with Crippen molar-refractivity contribution in [1.29, 1.82) is 0 Å². The number of hydrogen-bond acceptors (Lipinski definition) is 4. The van der Waals surface area contributed by atoms with Crippen LogP contribution in [0, 0.1) is 5.92 Å². The van der Waals surface area contributed by atoms with E-state index in [2.05, 4.69) is 17.0 Å². The molecule has 5 heteroatoms. The number of ketones is 1. The van der Waals surface area contributed by atoms with Gasteiger partial charge in [-0.15, -0.1) is 0 Å². The third kappa shape index (κ3) is 4.82. The van der Waals surface area contributed by atoms with Crippen LogP contribution in [0.5, 0.6) is 5.75 Å². The lowest BCUT2D eigenvalue weighted by atomic mass is 9.94. The number of nitrogens with zero attached hydrogens (tertiary/aromatic N) is 2. The maximum absolute atomic E-state index is 13.1. The number of benzene rings is 2. The maximum atomic E-state index is 13.1. The van der Waals surface area contributed by atoms with E-state index in [4.69, 9.17) is 4.74 Å². The first kappa shape index (κ1) is 21.6. The Morgan fingerprint density at radius 3 is 2.58 bits per heavy atom. The normalized spacial score (nSPS) is 19.3. The van der Waals surface area contributed by atoms with Crippen molar-refractivity contribution >= 4 is 11.7 Å². The van der Waals surface area contributed by atoms with Crippen LogP contribution in [-0.4, -0.2) is 61.8 Å². The van der Waals surface area contributed by atoms with Gasteiger partial charge in [-0.05, 0) is 55.5 Å². The summed E-state index contributed by atoms with van der Waals surface area (Å²) in [6, 6.07) is 15.8. The first-order chi connectivity index (χ1) is 15.1. The van der Waals surface area contributed by atoms with E-state index in [1.54, 1.807) is 7.11 Å². The number of carbonyl (C=O) groups excluding carboxylic acids is 2. The first-order valence-corrected chi connectivity index (χ1v) is 11.3. The van der Waals surface area contributed by atoms with Crippen molar-refractivity contribution in [3.63, 3.8) is 0 Å². The van der Waals surface area contributed by atoms with Crippen LogP contribution >= 0.6 is 0 Å². The number of methoxy groups -OCH3 is 1. The minimum Gasteiger partial charge on any atom is -0.496 e. The number of amides is 1. The zero-order chi connectivity index (χ0) is 21.8. The van der Waals surface area contributed by atoms with E-state index in [1.165, 1.54) is 5.56 Å². The standard InChI is InChI=1S/C26H32N2O3/c1-27(26(30)23-17-24(29)22-9-5-4-8-21(22)23)18-19-11-14-28(15-12-19)16-13-20-7-3-6-10-25(20)31-2/h3-10,19,23H,11-18H2,1-2H3/t23-/m0/s1. The van der Waals surface area contributed by atoms with E-state index in [1.807, 2.05) is 48.3 Å². The molecule has 1 aliphatic heterocycles. The molecule has 1 amide bonds. The number of hydrogen-bond donors (Lipinski definition) is 0. The second-order valence-electron chi connectivity index (χ2n) is 8.83. The van der Waals surface area contributed by atoms with Crippen molar-refractivity contribution in [2.24, 2.45) is 5.92 Å². The van der Waals surface area contributed by atoms with E-state index in [-0.39, 0.29) is 17.6 Å². The number of para-hydroxylation sites is 1. The van der Waals surface area contributed by atoms with Gasteiger partial charge in [-0.1, -0.05) is 42.5 Å². The molecule has 0 spiro atoms. The molecular weight excluding hydrogens is 388 g/mol. The summed E-state index contributed by atoms with van der Waals surface area (Å²) in [6.07, 6.45) is 3.50. The van der Waals surface area contributed by atoms with Crippen LogP contribution in [0.2, 0.25) is 0 Å². The molecule has 1 heterocycles. The molecule has 2 aromatic carbocycles. The molecule has 4 rings (SSSR count). The Morgan fingerprint density at radius 2 is 1.81 bits per heavy atom. The van der Waals surface area contributed by atoms with Crippen LogP contribution in [-0.2, 0) is 11.2 Å². The number of rotatable bonds is 7. The molecule has 1 atom stereocenters. The van der Waals surface area contributed by atoms with Crippen LogP contribution in [0.25, 0.3) is 0 Å². The van der Waals surface area contributed by atoms with E-state index in [9.17, 15) is 9.59 Å². The van der Waals surface area contributed by atoms with Crippen molar-refractivity contribution in [3.05, 3.63) is 65.2 Å². The van der Waals surface area contributed by atoms with Crippen molar-refractivity contribution in [1.82, 2.24) is 9.80 Å². The van der Waals surface area contributed by atoms with Crippen LogP contribution in [0.15, 0.2) is 48.5 Å². The number of Topliss-reactive ketones (excluding diaryl/α,β-unsaturated/α-hetero) is 1. The molecule has 0 saturated carbocycles. The van der Waals surface area contributed by atoms with Crippen molar-refractivity contribution in [3.8, 4) is 5.75 Å². The number of ether oxygens (including phenoxy) is 1. The number of piperidine rings is 1. The van der Waals surface area contributed by atoms with Gasteiger partial charge in [0.25, 0.3) is 0 Å². The van der Waals surface area contributed by atoms with Gasteiger partial charge in [-0.3, -0.25) is 9.59 Å². The number of likely N-dealkylation sites (N-methyl/N-ethyl adjacent to an activating group) is 1. The van der Waals surface area contributed by atoms with E-state index < -0.39 is 0 Å². The van der Waals surface area contributed by atoms with Gasteiger partial charge >= 0.3 is 0 Å². The lowest BCUT2D eigenvalue weighted by molar-refractivity contribution is -0.132. The molecule has 0 unspecified atom stereocenters. The lowest BCUT2D eigenvalue weighted by Crippen LogP contribution is -2.41. The van der Waals surface area contributed by atoms with Crippen LogP contribution in [0.3, 0.4) is 0 Å². The van der Waals surface area contributed by atoms with Gasteiger partial charge in [0.15, 0.2) is 5.78 Å². The summed E-state index contributed by atoms with van der Waals surface area (Å²) in [6.45, 7) is 3.92. The fourth-order valence-electron chi connectivity index (χ4n) is 5.00. The molecule has 5 nitrogen and oxygen atoms in total. The molecule has 1 fully saturated rings. The minimum absolute atomic E-state index is 0.0805. The summed E-state index contributed by atoms with van der Waals surface area (Å²) in [7, 11) is 3.62. The average Bonchev–Trinajstić information content (AvgIpc) is 3.15. The smallest absolute Gasteiger partial charge is 0.230 e. The topological polar surface area (TPSA) is 49.9 Å². The van der Waals surface area contributed by atoms with Crippen LogP contribution < -0.4 is 4.74 Å². The highest BCUT2D eigenvalue weighted by atomic mass is 16.5. The fourth-order valence-corrected chi connectivity index (χ4v) is 5.00. The SMILES string of the molecule is COc1ccccc1CCN1CCC(CN(C)C(=O)[C@H]2CC(=O)c3ccccc32)CC1. The van der Waals surface area contributed by atoms with Crippen molar-refractivity contribution in [2.45, 2.75) is 31.6 Å². The largest absolute Gasteiger partial charge is 0.496 e. The molecule has 0 bridgehead atoms. The summed E-state index contributed by atoms with van der Waals surface area (Å²) >= 11 is 0. The Hall–Kier alpha value is -2.66. The summed E-state index contributed by atoms with van der Waals surface area (Å²) in [5.74, 6) is 1.34. The number of fused-ring (bicyclic) bond motifs is 1. The quantitative estimate of drug-likeness (QED) is 0.684. The molecule has 31 heavy (non-hydrogen) atoms. The Labute approximate surface area is 185 Å².